The number of nitrogens with two attached hydrogens (primary N) is 1. The second kappa shape index (κ2) is 7.63. The lowest BCUT2D eigenvalue weighted by molar-refractivity contribution is 0.308. The number of rotatable bonds is 3. The molecular weight excluding hydrogens is 278 g/mol. The zero-order valence-electron chi connectivity index (χ0n) is 12.4. The van der Waals surface area contributed by atoms with Crippen LogP contribution in [0.2, 0.25) is 0 Å². The fourth-order valence-electron chi connectivity index (χ4n) is 3.32. The Morgan fingerprint density at radius 3 is 2.19 bits per heavy atom. The Labute approximate surface area is 134 Å². The van der Waals surface area contributed by atoms with Crippen molar-refractivity contribution in [1.29, 1.82) is 0 Å². The lowest BCUT2D eigenvalue weighted by atomic mass is 9.81. The molecule has 1 fully saturated rings. The minimum atomic E-state index is 0. The van der Waals surface area contributed by atoms with Gasteiger partial charge in [-0.15, -0.1) is 12.4 Å². The normalized spacial score (nSPS) is 17.0. The van der Waals surface area contributed by atoms with Crippen molar-refractivity contribution in [2.75, 3.05) is 0 Å². The van der Waals surface area contributed by atoms with Crippen LogP contribution < -0.4 is 5.73 Å². The summed E-state index contributed by atoms with van der Waals surface area (Å²) in [6.07, 6.45) is 6.65. The standard InChI is InChI=1S/C19H23N.ClH/c20-19(16-10-5-2-6-11-16)18-13-7-12-17(14-18)15-8-3-1-4-9-15;/h1,3-4,7-9,12-14,16,19H,2,5-6,10-11,20H2;1H/t19-;/m1./s1. The second-order valence-corrected chi connectivity index (χ2v) is 5.92. The molecule has 1 saturated carbocycles. The number of halogens is 1. The van der Waals surface area contributed by atoms with Crippen LogP contribution in [0.5, 0.6) is 0 Å². The van der Waals surface area contributed by atoms with E-state index < -0.39 is 0 Å². The number of hydrogen-bond acceptors (Lipinski definition) is 1. The average molecular weight is 302 g/mol. The molecule has 0 aliphatic heterocycles. The van der Waals surface area contributed by atoms with Crippen LogP contribution in [0.4, 0.5) is 0 Å². The zero-order valence-corrected chi connectivity index (χ0v) is 13.2. The molecule has 0 saturated heterocycles. The van der Waals surface area contributed by atoms with E-state index in [0.717, 1.165) is 0 Å². The van der Waals surface area contributed by atoms with Gasteiger partial charge in [0.15, 0.2) is 0 Å². The van der Waals surface area contributed by atoms with Crippen LogP contribution in [0.1, 0.15) is 43.7 Å². The fourth-order valence-corrected chi connectivity index (χ4v) is 3.32. The quantitative estimate of drug-likeness (QED) is 0.812. The lowest BCUT2D eigenvalue weighted by Gasteiger charge is -2.28. The Morgan fingerprint density at radius 1 is 0.810 bits per heavy atom. The molecule has 1 aliphatic carbocycles. The molecular formula is C19H24ClN. The van der Waals surface area contributed by atoms with E-state index in [1.165, 1.54) is 48.8 Å². The highest BCUT2D eigenvalue weighted by Gasteiger charge is 2.21. The minimum Gasteiger partial charge on any atom is -0.324 e. The monoisotopic (exact) mass is 301 g/mol. The molecule has 1 nitrogen and oxygen atoms in total. The van der Waals surface area contributed by atoms with E-state index in [1.807, 2.05) is 0 Å². The molecule has 0 bridgehead atoms. The van der Waals surface area contributed by atoms with Crippen molar-refractivity contribution in [2.45, 2.75) is 38.1 Å². The Hall–Kier alpha value is -1.31. The molecule has 21 heavy (non-hydrogen) atoms. The van der Waals surface area contributed by atoms with Gasteiger partial charge in [0.05, 0.1) is 0 Å². The van der Waals surface area contributed by atoms with Gasteiger partial charge < -0.3 is 5.73 Å². The highest BCUT2D eigenvalue weighted by molar-refractivity contribution is 5.85. The van der Waals surface area contributed by atoms with Crippen LogP contribution in [0, 0.1) is 5.92 Å². The van der Waals surface area contributed by atoms with Gasteiger partial charge >= 0.3 is 0 Å². The first kappa shape index (κ1) is 16.1. The van der Waals surface area contributed by atoms with E-state index in [1.54, 1.807) is 0 Å². The van der Waals surface area contributed by atoms with Crippen molar-refractivity contribution >= 4 is 12.4 Å². The Bertz CT molecular complexity index is 547. The van der Waals surface area contributed by atoms with Gasteiger partial charge in [-0.05, 0) is 41.5 Å². The van der Waals surface area contributed by atoms with Crippen molar-refractivity contribution in [3.63, 3.8) is 0 Å². The minimum absolute atomic E-state index is 0. The second-order valence-electron chi connectivity index (χ2n) is 5.92. The summed E-state index contributed by atoms with van der Waals surface area (Å²) in [6, 6.07) is 19.5. The summed E-state index contributed by atoms with van der Waals surface area (Å²) < 4.78 is 0. The van der Waals surface area contributed by atoms with Crippen molar-refractivity contribution < 1.29 is 0 Å². The molecule has 2 aromatic carbocycles. The first-order valence-electron chi connectivity index (χ1n) is 7.75. The predicted molar refractivity (Wildman–Crippen MR) is 92.6 cm³/mol. The molecule has 0 spiro atoms. The molecule has 1 aliphatic rings. The van der Waals surface area contributed by atoms with Gasteiger partial charge in [0.25, 0.3) is 0 Å². The highest BCUT2D eigenvalue weighted by atomic mass is 35.5. The van der Waals surface area contributed by atoms with Gasteiger partial charge in [-0.1, -0.05) is 67.8 Å². The summed E-state index contributed by atoms with van der Waals surface area (Å²) in [6.45, 7) is 0. The van der Waals surface area contributed by atoms with Gasteiger partial charge in [0.1, 0.15) is 0 Å². The molecule has 1 atom stereocenters. The zero-order chi connectivity index (χ0) is 13.8. The van der Waals surface area contributed by atoms with Gasteiger partial charge in [-0.2, -0.15) is 0 Å². The highest BCUT2D eigenvalue weighted by Crippen LogP contribution is 2.34. The maximum Gasteiger partial charge on any atom is 0.0323 e. The molecule has 0 amide bonds. The Balaban J connectivity index is 0.00000161. The summed E-state index contributed by atoms with van der Waals surface area (Å²) in [5.74, 6) is 0.662. The topological polar surface area (TPSA) is 26.0 Å². The van der Waals surface area contributed by atoms with Crippen LogP contribution in [0.3, 0.4) is 0 Å². The maximum absolute atomic E-state index is 6.52. The molecule has 0 unspecified atom stereocenters. The molecule has 2 heteroatoms. The molecule has 0 radical (unpaired) electrons. The number of hydrogen-bond donors (Lipinski definition) is 1. The summed E-state index contributed by atoms with van der Waals surface area (Å²) >= 11 is 0. The van der Waals surface area contributed by atoms with Gasteiger partial charge in [-0.3, -0.25) is 0 Å². The van der Waals surface area contributed by atoms with Gasteiger partial charge in [-0.25, -0.2) is 0 Å². The van der Waals surface area contributed by atoms with E-state index in [9.17, 15) is 0 Å². The van der Waals surface area contributed by atoms with E-state index >= 15 is 0 Å². The Kier molecular flexibility index (Phi) is 5.84. The van der Waals surface area contributed by atoms with Crippen LogP contribution in [0.15, 0.2) is 54.6 Å². The third-order valence-electron chi connectivity index (χ3n) is 4.54. The summed E-state index contributed by atoms with van der Waals surface area (Å²) in [5, 5.41) is 0. The summed E-state index contributed by atoms with van der Waals surface area (Å²) in [5.41, 5.74) is 10.3. The Morgan fingerprint density at radius 2 is 1.48 bits per heavy atom. The van der Waals surface area contributed by atoms with Gasteiger partial charge in [0.2, 0.25) is 0 Å². The summed E-state index contributed by atoms with van der Waals surface area (Å²) in [4.78, 5) is 0. The SMILES string of the molecule is Cl.N[C@@H](c1cccc(-c2ccccc2)c1)C1CCCCC1. The van der Waals surface area contributed by atoms with E-state index in [0.29, 0.717) is 5.92 Å². The molecule has 0 heterocycles. The predicted octanol–water partition coefficient (Wildman–Crippen LogP) is 5.36. The van der Waals surface area contributed by atoms with E-state index in [4.69, 9.17) is 5.73 Å². The molecule has 2 N–H and O–H groups in total. The fraction of sp³-hybridized carbons (Fsp3) is 0.368. The van der Waals surface area contributed by atoms with Crippen molar-refractivity contribution in [3.05, 3.63) is 60.2 Å². The first-order chi connectivity index (χ1) is 9.84. The van der Waals surface area contributed by atoms with Crippen LogP contribution in [-0.4, -0.2) is 0 Å². The molecule has 112 valence electrons. The third kappa shape index (κ3) is 3.87. The maximum atomic E-state index is 6.52. The smallest absolute Gasteiger partial charge is 0.0323 e. The number of benzene rings is 2. The first-order valence-corrected chi connectivity index (χ1v) is 7.75. The van der Waals surface area contributed by atoms with Crippen molar-refractivity contribution in [2.24, 2.45) is 11.7 Å². The molecule has 3 rings (SSSR count). The van der Waals surface area contributed by atoms with Crippen LogP contribution in [-0.2, 0) is 0 Å². The van der Waals surface area contributed by atoms with E-state index in [-0.39, 0.29) is 18.4 Å². The van der Waals surface area contributed by atoms with Crippen molar-refractivity contribution in [3.8, 4) is 11.1 Å². The van der Waals surface area contributed by atoms with Crippen LogP contribution >= 0.6 is 12.4 Å². The van der Waals surface area contributed by atoms with Crippen molar-refractivity contribution in [1.82, 2.24) is 0 Å². The molecule has 0 aromatic heterocycles. The third-order valence-corrected chi connectivity index (χ3v) is 4.54. The summed E-state index contributed by atoms with van der Waals surface area (Å²) in [7, 11) is 0. The average Bonchev–Trinajstić information content (AvgIpc) is 2.56. The molecule has 2 aromatic rings. The lowest BCUT2D eigenvalue weighted by Crippen LogP contribution is -2.23. The largest absolute Gasteiger partial charge is 0.324 e. The van der Waals surface area contributed by atoms with Gasteiger partial charge in [0, 0.05) is 6.04 Å². The van der Waals surface area contributed by atoms with Crippen LogP contribution in [0.25, 0.3) is 11.1 Å². The van der Waals surface area contributed by atoms with E-state index in [2.05, 4.69) is 54.6 Å².